The Morgan fingerprint density at radius 1 is 1.28 bits per heavy atom. The molecule has 2 N–H and O–H groups in total. The molecule has 0 saturated heterocycles. The van der Waals surface area contributed by atoms with Crippen LogP contribution in [0.15, 0.2) is 18.2 Å². The Labute approximate surface area is 106 Å². The molecule has 1 atom stereocenters. The Morgan fingerprint density at radius 3 is 2.72 bits per heavy atom. The van der Waals surface area contributed by atoms with Gasteiger partial charge in [-0.25, -0.2) is 0 Å². The molecule has 1 unspecified atom stereocenters. The number of nitrogens with one attached hydrogen (secondary N) is 2. The maximum absolute atomic E-state index is 11.5. The van der Waals surface area contributed by atoms with Gasteiger partial charge < -0.3 is 10.1 Å². The minimum absolute atomic E-state index is 0.239. The highest BCUT2D eigenvalue weighted by Gasteiger charge is 2.26. The molecule has 0 aliphatic carbocycles. The van der Waals surface area contributed by atoms with Gasteiger partial charge in [-0.15, -0.1) is 0 Å². The van der Waals surface area contributed by atoms with Crippen molar-refractivity contribution in [3.8, 4) is 0 Å². The second-order valence-electron chi connectivity index (χ2n) is 4.37. The first-order valence-corrected chi connectivity index (χ1v) is 5.87. The van der Waals surface area contributed by atoms with Gasteiger partial charge in [0.05, 0.1) is 11.1 Å². The van der Waals surface area contributed by atoms with E-state index in [4.69, 9.17) is 4.74 Å². The highest BCUT2D eigenvalue weighted by molar-refractivity contribution is 6.21. The molecule has 0 bridgehead atoms. The Morgan fingerprint density at radius 2 is 2.00 bits per heavy atom. The molecular weight excluding hydrogens is 232 g/mol. The van der Waals surface area contributed by atoms with Crippen LogP contribution in [0.1, 0.15) is 34.1 Å². The van der Waals surface area contributed by atoms with Crippen LogP contribution in [0.25, 0.3) is 0 Å². The van der Waals surface area contributed by atoms with Crippen LogP contribution in [0.3, 0.4) is 0 Å². The van der Waals surface area contributed by atoms with E-state index in [0.29, 0.717) is 17.7 Å². The number of rotatable bonds is 5. The van der Waals surface area contributed by atoms with Crippen molar-refractivity contribution in [1.29, 1.82) is 0 Å². The molecule has 0 saturated carbocycles. The molecule has 1 heterocycles. The Balaban J connectivity index is 2.10. The molecule has 0 fully saturated rings. The number of carbonyl (C=O) groups excluding carboxylic acids is 2. The second kappa shape index (κ2) is 5.18. The lowest BCUT2D eigenvalue weighted by atomic mass is 10.1. The van der Waals surface area contributed by atoms with E-state index in [1.54, 1.807) is 25.3 Å². The molecule has 1 aliphatic rings. The highest BCUT2D eigenvalue weighted by atomic mass is 16.5. The lowest BCUT2D eigenvalue weighted by Gasteiger charge is -2.15. The fourth-order valence-electron chi connectivity index (χ4n) is 1.91. The van der Waals surface area contributed by atoms with Gasteiger partial charge in [0, 0.05) is 25.4 Å². The molecule has 18 heavy (non-hydrogen) atoms. The molecule has 0 radical (unpaired) electrons. The first kappa shape index (κ1) is 12.6. The molecular formula is C13H16N2O3. The number of hydrogen-bond donors (Lipinski definition) is 2. The summed E-state index contributed by atoms with van der Waals surface area (Å²) in [5.41, 5.74) is 1.71. The highest BCUT2D eigenvalue weighted by Crippen LogP contribution is 2.21. The summed E-state index contributed by atoms with van der Waals surface area (Å²) >= 11 is 0. The van der Waals surface area contributed by atoms with Crippen molar-refractivity contribution in [3.05, 3.63) is 29.3 Å². The van der Waals surface area contributed by atoms with Gasteiger partial charge in [-0.3, -0.25) is 14.9 Å². The number of fused-ring (bicyclic) bond motifs is 1. The minimum Gasteiger partial charge on any atom is -0.385 e. The average Bonchev–Trinajstić information content (AvgIpc) is 2.62. The Bertz CT molecular complexity index is 485. The molecule has 0 aromatic heterocycles. The summed E-state index contributed by atoms with van der Waals surface area (Å²) < 4.78 is 5.01. The molecule has 1 aliphatic heterocycles. The summed E-state index contributed by atoms with van der Waals surface area (Å²) in [5, 5.41) is 5.54. The number of amides is 2. The first-order valence-electron chi connectivity index (χ1n) is 5.87. The van der Waals surface area contributed by atoms with Crippen molar-refractivity contribution in [2.75, 3.05) is 19.0 Å². The van der Waals surface area contributed by atoms with Crippen LogP contribution < -0.4 is 10.6 Å². The van der Waals surface area contributed by atoms with E-state index in [1.807, 2.05) is 6.92 Å². The average molecular weight is 248 g/mol. The van der Waals surface area contributed by atoms with E-state index in [2.05, 4.69) is 10.6 Å². The van der Waals surface area contributed by atoms with Crippen LogP contribution in [0, 0.1) is 0 Å². The molecule has 5 heteroatoms. The monoisotopic (exact) mass is 248 g/mol. The van der Waals surface area contributed by atoms with Gasteiger partial charge >= 0.3 is 0 Å². The van der Waals surface area contributed by atoms with Crippen molar-refractivity contribution in [2.45, 2.75) is 19.4 Å². The van der Waals surface area contributed by atoms with Crippen molar-refractivity contribution in [2.24, 2.45) is 0 Å². The van der Waals surface area contributed by atoms with Crippen LogP contribution in [-0.2, 0) is 4.74 Å². The minimum atomic E-state index is -0.330. The Kier molecular flexibility index (Phi) is 3.62. The number of benzene rings is 1. The quantitative estimate of drug-likeness (QED) is 0.773. The van der Waals surface area contributed by atoms with Crippen LogP contribution in [0.2, 0.25) is 0 Å². The van der Waals surface area contributed by atoms with Gasteiger partial charge in [-0.2, -0.15) is 0 Å². The molecule has 1 aromatic rings. The van der Waals surface area contributed by atoms with Crippen LogP contribution in [-0.4, -0.2) is 31.6 Å². The van der Waals surface area contributed by atoms with E-state index in [-0.39, 0.29) is 17.9 Å². The molecule has 2 amide bonds. The molecule has 2 rings (SSSR count). The number of methoxy groups -OCH3 is 1. The van der Waals surface area contributed by atoms with E-state index in [1.165, 1.54) is 0 Å². The lowest BCUT2D eigenvalue weighted by Crippen LogP contribution is -2.20. The summed E-state index contributed by atoms with van der Waals surface area (Å²) in [6.45, 7) is 2.72. The predicted octanol–water partition coefficient (Wildman–Crippen LogP) is 1.41. The van der Waals surface area contributed by atoms with Crippen molar-refractivity contribution in [1.82, 2.24) is 5.32 Å². The predicted molar refractivity (Wildman–Crippen MR) is 67.8 cm³/mol. The van der Waals surface area contributed by atoms with Gasteiger partial charge in [0.15, 0.2) is 0 Å². The maximum atomic E-state index is 11.5. The van der Waals surface area contributed by atoms with E-state index in [0.717, 1.165) is 12.1 Å². The number of anilines is 1. The normalized spacial score (nSPS) is 15.2. The van der Waals surface area contributed by atoms with E-state index < -0.39 is 0 Å². The van der Waals surface area contributed by atoms with E-state index >= 15 is 0 Å². The largest absolute Gasteiger partial charge is 0.385 e. The third kappa shape index (κ3) is 2.51. The maximum Gasteiger partial charge on any atom is 0.259 e. The van der Waals surface area contributed by atoms with Gasteiger partial charge in [0.25, 0.3) is 11.8 Å². The topological polar surface area (TPSA) is 67.4 Å². The van der Waals surface area contributed by atoms with Crippen molar-refractivity contribution < 1.29 is 14.3 Å². The van der Waals surface area contributed by atoms with Crippen LogP contribution in [0.5, 0.6) is 0 Å². The summed E-state index contributed by atoms with van der Waals surface area (Å²) in [5.74, 6) is -0.655. The van der Waals surface area contributed by atoms with Gasteiger partial charge in [-0.1, -0.05) is 0 Å². The summed E-state index contributed by atoms with van der Waals surface area (Å²) in [6, 6.07) is 5.42. The number of imide groups is 1. The number of ether oxygens (including phenoxy) is 1. The van der Waals surface area contributed by atoms with Gasteiger partial charge in [-0.05, 0) is 31.5 Å². The molecule has 1 aromatic carbocycles. The second-order valence-corrected chi connectivity index (χ2v) is 4.37. The van der Waals surface area contributed by atoms with Gasteiger partial charge in [0.2, 0.25) is 0 Å². The summed E-state index contributed by atoms with van der Waals surface area (Å²) in [6.07, 6.45) is 0.874. The molecule has 0 spiro atoms. The fourth-order valence-corrected chi connectivity index (χ4v) is 1.91. The van der Waals surface area contributed by atoms with Crippen molar-refractivity contribution >= 4 is 17.5 Å². The zero-order valence-corrected chi connectivity index (χ0v) is 10.4. The molecule has 5 nitrogen and oxygen atoms in total. The van der Waals surface area contributed by atoms with Crippen LogP contribution >= 0.6 is 0 Å². The van der Waals surface area contributed by atoms with Crippen LogP contribution in [0.4, 0.5) is 5.69 Å². The summed E-state index contributed by atoms with van der Waals surface area (Å²) in [7, 11) is 1.66. The SMILES string of the molecule is COCCC(C)Nc1ccc2c(c1)C(=O)NC2=O. The van der Waals surface area contributed by atoms with Crippen molar-refractivity contribution in [3.63, 3.8) is 0 Å². The first-order chi connectivity index (χ1) is 8.61. The summed E-state index contributed by atoms with van der Waals surface area (Å²) in [4.78, 5) is 22.9. The number of hydrogen-bond acceptors (Lipinski definition) is 4. The lowest BCUT2D eigenvalue weighted by molar-refractivity contribution is 0.0879. The smallest absolute Gasteiger partial charge is 0.259 e. The van der Waals surface area contributed by atoms with Gasteiger partial charge in [0.1, 0.15) is 0 Å². The zero-order chi connectivity index (χ0) is 13.1. The third-order valence-electron chi connectivity index (χ3n) is 2.90. The van der Waals surface area contributed by atoms with E-state index in [9.17, 15) is 9.59 Å². The fraction of sp³-hybridized carbons (Fsp3) is 0.385. The third-order valence-corrected chi connectivity index (χ3v) is 2.90. The molecule has 96 valence electrons. The zero-order valence-electron chi connectivity index (χ0n) is 10.4. The number of carbonyl (C=O) groups is 2. The standard InChI is InChI=1S/C13H16N2O3/c1-8(5-6-18-2)14-9-3-4-10-11(7-9)13(17)15-12(10)16/h3-4,7-8,14H,5-6H2,1-2H3,(H,15,16,17). The Hall–Kier alpha value is -1.88.